The minimum atomic E-state index is 0. The molecule has 1 aliphatic heterocycles. The SMILES string of the molecule is CN=C(NCc1ccc(N2CCCC2=O)cc1)NCc1ccc(C)cc1OCCOC.I. The summed E-state index contributed by atoms with van der Waals surface area (Å²) in [7, 11) is 3.42. The average molecular weight is 552 g/mol. The topological polar surface area (TPSA) is 75.2 Å². The molecule has 7 nitrogen and oxygen atoms in total. The Labute approximate surface area is 207 Å². The fourth-order valence-electron chi connectivity index (χ4n) is 3.48. The lowest BCUT2D eigenvalue weighted by atomic mass is 10.1. The van der Waals surface area contributed by atoms with Gasteiger partial charge in [0.15, 0.2) is 5.96 Å². The van der Waals surface area contributed by atoms with Crippen LogP contribution in [0.3, 0.4) is 0 Å². The molecule has 1 aliphatic rings. The highest BCUT2D eigenvalue weighted by Crippen LogP contribution is 2.22. The second-order valence-electron chi connectivity index (χ2n) is 7.55. The van der Waals surface area contributed by atoms with E-state index in [0.717, 1.165) is 41.1 Å². The Morgan fingerprint density at radius 3 is 2.50 bits per heavy atom. The lowest BCUT2D eigenvalue weighted by Gasteiger charge is -2.17. The molecule has 0 unspecified atom stereocenters. The van der Waals surface area contributed by atoms with Crippen molar-refractivity contribution in [2.75, 3.05) is 38.8 Å². The molecule has 0 radical (unpaired) electrons. The van der Waals surface area contributed by atoms with Gasteiger partial charge in [-0.15, -0.1) is 24.0 Å². The van der Waals surface area contributed by atoms with Gasteiger partial charge in [-0.2, -0.15) is 0 Å². The number of benzene rings is 2. The molecule has 0 aromatic heterocycles. The third-order valence-corrected chi connectivity index (χ3v) is 5.22. The fraction of sp³-hybridized carbons (Fsp3) is 0.417. The first-order valence-corrected chi connectivity index (χ1v) is 10.7. The molecule has 3 rings (SSSR count). The zero-order chi connectivity index (χ0) is 22.1. The smallest absolute Gasteiger partial charge is 0.227 e. The summed E-state index contributed by atoms with van der Waals surface area (Å²) in [4.78, 5) is 18.1. The summed E-state index contributed by atoms with van der Waals surface area (Å²) >= 11 is 0. The Morgan fingerprint density at radius 1 is 1.09 bits per heavy atom. The Bertz CT molecular complexity index is 903. The summed E-state index contributed by atoms with van der Waals surface area (Å²) in [6.45, 7) is 5.15. The number of rotatable bonds is 9. The minimum Gasteiger partial charge on any atom is -0.491 e. The van der Waals surface area contributed by atoms with Gasteiger partial charge in [-0.1, -0.05) is 24.3 Å². The van der Waals surface area contributed by atoms with Crippen molar-refractivity contribution in [3.8, 4) is 5.75 Å². The van der Waals surface area contributed by atoms with Gasteiger partial charge in [-0.3, -0.25) is 9.79 Å². The van der Waals surface area contributed by atoms with Gasteiger partial charge in [0.2, 0.25) is 5.91 Å². The molecule has 0 aliphatic carbocycles. The molecule has 2 aromatic rings. The van der Waals surface area contributed by atoms with Crippen LogP contribution in [-0.2, 0) is 22.6 Å². The number of carbonyl (C=O) groups is 1. The van der Waals surface area contributed by atoms with Crippen molar-refractivity contribution >= 4 is 41.5 Å². The van der Waals surface area contributed by atoms with Crippen LogP contribution in [0.25, 0.3) is 0 Å². The van der Waals surface area contributed by atoms with Crippen molar-refractivity contribution in [2.45, 2.75) is 32.9 Å². The van der Waals surface area contributed by atoms with E-state index < -0.39 is 0 Å². The molecule has 8 heteroatoms. The van der Waals surface area contributed by atoms with Crippen LogP contribution in [0, 0.1) is 6.92 Å². The number of hydrogen-bond donors (Lipinski definition) is 2. The zero-order valence-electron chi connectivity index (χ0n) is 19.0. The molecular formula is C24H33IN4O3. The molecule has 0 saturated carbocycles. The van der Waals surface area contributed by atoms with E-state index in [0.29, 0.717) is 38.7 Å². The summed E-state index contributed by atoms with van der Waals surface area (Å²) in [6, 6.07) is 14.3. The van der Waals surface area contributed by atoms with Gasteiger partial charge in [0.05, 0.1) is 6.61 Å². The lowest BCUT2D eigenvalue weighted by molar-refractivity contribution is -0.117. The average Bonchev–Trinajstić information content (AvgIpc) is 3.21. The van der Waals surface area contributed by atoms with Gasteiger partial charge < -0.3 is 25.0 Å². The number of aryl methyl sites for hydroxylation is 1. The maximum atomic E-state index is 11.9. The number of carbonyl (C=O) groups excluding carboxylic acids is 1. The predicted octanol–water partition coefficient (Wildman–Crippen LogP) is 3.63. The van der Waals surface area contributed by atoms with E-state index in [1.54, 1.807) is 14.2 Å². The highest BCUT2D eigenvalue weighted by molar-refractivity contribution is 14.0. The number of guanidine groups is 1. The molecule has 1 saturated heterocycles. The number of nitrogens with one attached hydrogen (secondary N) is 2. The number of ether oxygens (including phenoxy) is 2. The Morgan fingerprint density at radius 2 is 1.84 bits per heavy atom. The van der Waals surface area contributed by atoms with Crippen LogP contribution in [0.2, 0.25) is 0 Å². The monoisotopic (exact) mass is 552 g/mol. The summed E-state index contributed by atoms with van der Waals surface area (Å²) in [5.74, 6) is 1.77. The van der Waals surface area contributed by atoms with Gasteiger partial charge in [0.1, 0.15) is 12.4 Å². The van der Waals surface area contributed by atoms with Crippen LogP contribution in [-0.4, -0.2) is 45.8 Å². The highest BCUT2D eigenvalue weighted by atomic mass is 127. The first-order valence-electron chi connectivity index (χ1n) is 10.7. The maximum Gasteiger partial charge on any atom is 0.227 e. The number of amides is 1. The van der Waals surface area contributed by atoms with E-state index in [9.17, 15) is 4.79 Å². The van der Waals surface area contributed by atoms with Crippen LogP contribution in [0.15, 0.2) is 47.5 Å². The van der Waals surface area contributed by atoms with Crippen molar-refractivity contribution in [2.24, 2.45) is 4.99 Å². The maximum absolute atomic E-state index is 11.9. The van der Waals surface area contributed by atoms with Gasteiger partial charge in [-0.25, -0.2) is 0 Å². The normalized spacial score (nSPS) is 13.7. The molecule has 1 fully saturated rings. The Balaban J connectivity index is 0.00000363. The minimum absolute atomic E-state index is 0. The van der Waals surface area contributed by atoms with Gasteiger partial charge in [0.25, 0.3) is 0 Å². The van der Waals surface area contributed by atoms with Crippen molar-refractivity contribution in [1.82, 2.24) is 10.6 Å². The third kappa shape index (κ3) is 7.37. The van der Waals surface area contributed by atoms with Crippen molar-refractivity contribution in [3.05, 3.63) is 59.2 Å². The van der Waals surface area contributed by atoms with Crippen LogP contribution in [0.5, 0.6) is 5.75 Å². The summed E-state index contributed by atoms with van der Waals surface area (Å²) in [6.07, 6.45) is 1.58. The van der Waals surface area contributed by atoms with Gasteiger partial charge >= 0.3 is 0 Å². The summed E-state index contributed by atoms with van der Waals surface area (Å²) in [5.41, 5.74) is 4.30. The molecular weight excluding hydrogens is 519 g/mol. The largest absolute Gasteiger partial charge is 0.491 e. The number of methoxy groups -OCH3 is 1. The van der Waals surface area contributed by atoms with Gasteiger partial charge in [0, 0.05) is 51.5 Å². The Hall–Kier alpha value is -2.33. The molecule has 0 bridgehead atoms. The quantitative estimate of drug-likeness (QED) is 0.215. The second kappa shape index (κ2) is 13.3. The number of nitrogens with zero attached hydrogens (tertiary/aromatic N) is 2. The predicted molar refractivity (Wildman–Crippen MR) is 139 cm³/mol. The molecule has 32 heavy (non-hydrogen) atoms. The van der Waals surface area contributed by atoms with E-state index in [1.165, 1.54) is 0 Å². The zero-order valence-corrected chi connectivity index (χ0v) is 21.3. The van der Waals surface area contributed by atoms with Crippen LogP contribution < -0.4 is 20.3 Å². The van der Waals surface area contributed by atoms with Crippen molar-refractivity contribution < 1.29 is 14.3 Å². The highest BCUT2D eigenvalue weighted by Gasteiger charge is 2.21. The molecule has 174 valence electrons. The van der Waals surface area contributed by atoms with E-state index in [2.05, 4.69) is 27.8 Å². The lowest BCUT2D eigenvalue weighted by Crippen LogP contribution is -2.36. The summed E-state index contributed by atoms with van der Waals surface area (Å²) < 4.78 is 10.9. The number of halogens is 1. The standard InChI is InChI=1S/C24H32N4O3.HI/c1-18-6-9-20(22(15-18)31-14-13-30-3)17-27-24(25-2)26-16-19-7-10-21(11-8-19)28-12-4-5-23(28)29;/h6-11,15H,4-5,12-14,16-17H2,1-3H3,(H2,25,26,27);1H. The van der Waals surface area contributed by atoms with E-state index in [1.807, 2.05) is 42.2 Å². The Kier molecular flexibility index (Phi) is 10.8. The number of hydrogen-bond acceptors (Lipinski definition) is 4. The molecule has 1 amide bonds. The molecule has 0 spiro atoms. The van der Waals surface area contributed by atoms with Crippen molar-refractivity contribution in [1.29, 1.82) is 0 Å². The first kappa shape index (κ1) is 25.9. The van der Waals surface area contributed by atoms with E-state index in [-0.39, 0.29) is 29.9 Å². The van der Waals surface area contributed by atoms with Crippen LogP contribution in [0.1, 0.15) is 29.5 Å². The first-order chi connectivity index (χ1) is 15.1. The van der Waals surface area contributed by atoms with Crippen LogP contribution >= 0.6 is 24.0 Å². The van der Waals surface area contributed by atoms with Crippen LogP contribution in [0.4, 0.5) is 5.69 Å². The van der Waals surface area contributed by atoms with E-state index in [4.69, 9.17) is 9.47 Å². The van der Waals surface area contributed by atoms with Crippen molar-refractivity contribution in [3.63, 3.8) is 0 Å². The van der Waals surface area contributed by atoms with E-state index >= 15 is 0 Å². The number of aliphatic imine (C=N–C) groups is 1. The molecule has 2 aromatic carbocycles. The molecule has 2 N–H and O–H groups in total. The third-order valence-electron chi connectivity index (χ3n) is 5.22. The number of anilines is 1. The molecule has 1 heterocycles. The van der Waals surface area contributed by atoms with Gasteiger partial charge in [-0.05, 0) is 42.7 Å². The molecule has 0 atom stereocenters. The second-order valence-corrected chi connectivity index (χ2v) is 7.55. The fourth-order valence-corrected chi connectivity index (χ4v) is 3.48. The summed E-state index contributed by atoms with van der Waals surface area (Å²) in [5, 5.41) is 6.68.